The molecule has 28 heavy (non-hydrogen) atoms. The predicted molar refractivity (Wildman–Crippen MR) is 116 cm³/mol. The van der Waals surface area contributed by atoms with Crippen molar-refractivity contribution < 1.29 is 0 Å². The minimum absolute atomic E-state index is 0.397. The molecule has 3 heterocycles. The Kier molecular flexibility index (Phi) is 5.00. The van der Waals surface area contributed by atoms with Gasteiger partial charge in [0.1, 0.15) is 11.6 Å². The molecule has 1 saturated heterocycles. The number of hydrogen-bond donors (Lipinski definition) is 2. The molecule has 7 heteroatoms. The van der Waals surface area contributed by atoms with Gasteiger partial charge in [-0.3, -0.25) is 0 Å². The van der Waals surface area contributed by atoms with Gasteiger partial charge in [-0.25, -0.2) is 9.97 Å². The van der Waals surface area contributed by atoms with Gasteiger partial charge in [0.15, 0.2) is 0 Å². The number of nitrogens with zero attached hydrogens (tertiary/aromatic N) is 5. The topological polar surface area (TPSA) is 69.2 Å². The van der Waals surface area contributed by atoms with E-state index in [9.17, 15) is 0 Å². The average Bonchev–Trinajstić information content (AvgIpc) is 3.21. The zero-order chi connectivity index (χ0) is 19.7. The molecule has 2 aromatic heterocycles. The van der Waals surface area contributed by atoms with Crippen molar-refractivity contribution in [1.29, 1.82) is 0 Å². The van der Waals surface area contributed by atoms with Gasteiger partial charge >= 0.3 is 0 Å². The summed E-state index contributed by atoms with van der Waals surface area (Å²) in [5.41, 5.74) is 2.51. The van der Waals surface area contributed by atoms with Gasteiger partial charge in [0, 0.05) is 57.7 Å². The highest BCUT2D eigenvalue weighted by molar-refractivity contribution is 5.97. The lowest BCUT2D eigenvalue weighted by atomic mass is 9.97. The minimum atomic E-state index is 0.397. The summed E-state index contributed by atoms with van der Waals surface area (Å²) in [5, 5.41) is 9.35. The highest BCUT2D eigenvalue weighted by atomic mass is 15.2. The molecule has 0 saturated carbocycles. The molecule has 0 amide bonds. The van der Waals surface area contributed by atoms with E-state index in [0.29, 0.717) is 12.0 Å². The molecule has 1 aliphatic heterocycles. The van der Waals surface area contributed by atoms with Crippen LogP contribution in [-0.2, 0) is 0 Å². The highest BCUT2D eigenvalue weighted by Gasteiger charge is 2.20. The van der Waals surface area contributed by atoms with Gasteiger partial charge in [0.2, 0.25) is 5.95 Å². The normalized spacial score (nSPS) is 16.4. The van der Waals surface area contributed by atoms with Crippen LogP contribution in [0.1, 0.15) is 24.4 Å². The van der Waals surface area contributed by atoms with E-state index in [2.05, 4.69) is 62.8 Å². The van der Waals surface area contributed by atoms with Crippen LogP contribution >= 0.6 is 0 Å². The summed E-state index contributed by atoms with van der Waals surface area (Å²) in [6.45, 7) is 1.08. The van der Waals surface area contributed by atoms with Crippen molar-refractivity contribution in [3.63, 3.8) is 0 Å². The summed E-state index contributed by atoms with van der Waals surface area (Å²) < 4.78 is 0. The summed E-state index contributed by atoms with van der Waals surface area (Å²) in [7, 11) is 7.99. The molecule has 3 aromatic rings. The minimum Gasteiger partial charge on any atom is -0.377 e. The van der Waals surface area contributed by atoms with Crippen molar-refractivity contribution in [3.05, 3.63) is 42.2 Å². The zero-order valence-electron chi connectivity index (χ0n) is 16.9. The van der Waals surface area contributed by atoms with Crippen molar-refractivity contribution in [2.45, 2.75) is 18.9 Å². The number of nitrogens with one attached hydrogen (secondary N) is 2. The van der Waals surface area contributed by atoms with Crippen LogP contribution < -0.4 is 20.4 Å². The van der Waals surface area contributed by atoms with E-state index in [0.717, 1.165) is 18.2 Å². The number of pyridine rings is 1. The van der Waals surface area contributed by atoms with Gasteiger partial charge in [-0.05, 0) is 48.5 Å². The van der Waals surface area contributed by atoms with Gasteiger partial charge in [-0.15, -0.1) is 0 Å². The monoisotopic (exact) mass is 377 g/mol. The van der Waals surface area contributed by atoms with E-state index < -0.39 is 0 Å². The summed E-state index contributed by atoms with van der Waals surface area (Å²) >= 11 is 0. The number of hydrogen-bond acceptors (Lipinski definition) is 7. The van der Waals surface area contributed by atoms with E-state index in [1.54, 1.807) is 6.20 Å². The molecule has 1 aromatic carbocycles. The molecule has 0 radical (unpaired) electrons. The molecule has 0 aliphatic carbocycles. The van der Waals surface area contributed by atoms with Crippen LogP contribution in [-0.4, -0.2) is 49.7 Å². The predicted octanol–water partition coefficient (Wildman–Crippen LogP) is 3.32. The van der Waals surface area contributed by atoms with Crippen LogP contribution in [0.4, 0.5) is 23.3 Å². The number of rotatable bonds is 5. The van der Waals surface area contributed by atoms with Crippen molar-refractivity contribution >= 4 is 34.0 Å². The largest absolute Gasteiger partial charge is 0.377 e. The van der Waals surface area contributed by atoms with Crippen LogP contribution in [0.5, 0.6) is 0 Å². The van der Waals surface area contributed by atoms with Crippen molar-refractivity contribution in [2.24, 2.45) is 0 Å². The Morgan fingerprint density at radius 2 is 1.86 bits per heavy atom. The Bertz CT molecular complexity index is 978. The smallest absolute Gasteiger partial charge is 0.226 e. The van der Waals surface area contributed by atoms with E-state index in [1.807, 2.05) is 31.3 Å². The number of aromatic nitrogens is 3. The number of fused-ring (bicyclic) bond motifs is 1. The Hall–Kier alpha value is -2.93. The third-order valence-electron chi connectivity index (χ3n) is 5.13. The zero-order valence-corrected chi connectivity index (χ0v) is 16.9. The molecule has 146 valence electrons. The van der Waals surface area contributed by atoms with Crippen LogP contribution in [0.25, 0.3) is 10.8 Å². The molecule has 1 fully saturated rings. The van der Waals surface area contributed by atoms with Gasteiger partial charge in [-0.2, -0.15) is 4.98 Å². The number of anilines is 4. The fourth-order valence-electron chi connectivity index (χ4n) is 3.72. The first-order chi connectivity index (χ1) is 13.5. The average molecular weight is 377 g/mol. The SMILES string of the molecule is CN(C)c1nccc(Nc2cc3c(C4CCCN4)ccc(N(C)C)c3cn2)n1. The number of benzene rings is 1. The van der Waals surface area contributed by atoms with E-state index in [4.69, 9.17) is 0 Å². The quantitative estimate of drug-likeness (QED) is 0.707. The second-order valence-corrected chi connectivity index (χ2v) is 7.59. The Balaban J connectivity index is 1.76. The van der Waals surface area contributed by atoms with Crippen molar-refractivity contribution in [2.75, 3.05) is 49.9 Å². The van der Waals surface area contributed by atoms with E-state index in [1.165, 1.54) is 34.9 Å². The van der Waals surface area contributed by atoms with Crippen LogP contribution in [0.2, 0.25) is 0 Å². The second-order valence-electron chi connectivity index (χ2n) is 7.59. The highest BCUT2D eigenvalue weighted by Crippen LogP contribution is 2.35. The molecule has 1 aliphatic rings. The lowest BCUT2D eigenvalue weighted by Gasteiger charge is -2.20. The standard InChI is InChI=1S/C21H27N7/c1-27(2)18-8-7-14(17-6-5-10-22-17)15-12-20(24-13-16(15)18)25-19-9-11-23-21(26-19)28(3)4/h7-9,11-13,17,22H,5-6,10H2,1-4H3,(H,23,24,25,26). The Morgan fingerprint density at radius 3 is 2.57 bits per heavy atom. The molecule has 1 unspecified atom stereocenters. The maximum absolute atomic E-state index is 4.66. The van der Waals surface area contributed by atoms with Gasteiger partial charge < -0.3 is 20.4 Å². The lowest BCUT2D eigenvalue weighted by molar-refractivity contribution is 0.653. The second kappa shape index (κ2) is 7.59. The first-order valence-electron chi connectivity index (χ1n) is 9.63. The molecule has 0 spiro atoms. The van der Waals surface area contributed by atoms with Gasteiger partial charge in [0.05, 0.1) is 0 Å². The van der Waals surface area contributed by atoms with Gasteiger partial charge in [-0.1, -0.05) is 6.07 Å². The maximum atomic E-state index is 4.66. The molecule has 4 rings (SSSR count). The van der Waals surface area contributed by atoms with Gasteiger partial charge in [0.25, 0.3) is 0 Å². The summed E-state index contributed by atoms with van der Waals surface area (Å²) in [5.74, 6) is 2.18. The third kappa shape index (κ3) is 3.57. The van der Waals surface area contributed by atoms with E-state index >= 15 is 0 Å². The Labute approximate surface area is 165 Å². The van der Waals surface area contributed by atoms with Crippen LogP contribution in [0.15, 0.2) is 36.7 Å². The Morgan fingerprint density at radius 1 is 1.00 bits per heavy atom. The lowest BCUT2D eigenvalue weighted by Crippen LogP contribution is -2.15. The molecule has 7 nitrogen and oxygen atoms in total. The fraction of sp³-hybridized carbons (Fsp3) is 0.381. The molecule has 1 atom stereocenters. The third-order valence-corrected chi connectivity index (χ3v) is 5.13. The molecular weight excluding hydrogens is 350 g/mol. The summed E-state index contributed by atoms with van der Waals surface area (Å²) in [4.78, 5) is 17.5. The summed E-state index contributed by atoms with van der Waals surface area (Å²) in [6, 6.07) is 8.83. The fourth-order valence-corrected chi connectivity index (χ4v) is 3.72. The first kappa shape index (κ1) is 18.4. The maximum Gasteiger partial charge on any atom is 0.226 e. The summed E-state index contributed by atoms with van der Waals surface area (Å²) in [6.07, 6.45) is 6.09. The molecule has 2 N–H and O–H groups in total. The van der Waals surface area contributed by atoms with Crippen LogP contribution in [0, 0.1) is 0 Å². The first-order valence-corrected chi connectivity index (χ1v) is 9.63. The van der Waals surface area contributed by atoms with Crippen LogP contribution in [0.3, 0.4) is 0 Å². The van der Waals surface area contributed by atoms with Crippen molar-refractivity contribution in [3.8, 4) is 0 Å². The van der Waals surface area contributed by atoms with Crippen molar-refractivity contribution in [1.82, 2.24) is 20.3 Å². The molecular formula is C21H27N7. The molecule has 0 bridgehead atoms. The van der Waals surface area contributed by atoms with E-state index in [-0.39, 0.29) is 0 Å².